The molecule has 0 heterocycles. The Bertz CT molecular complexity index is 800. The van der Waals surface area contributed by atoms with Crippen LogP contribution < -0.4 is 4.72 Å². The van der Waals surface area contributed by atoms with Crippen LogP contribution in [0, 0.1) is 26.6 Å². The maximum Gasteiger partial charge on any atom is 0.241 e. The third-order valence-corrected chi connectivity index (χ3v) is 5.34. The second kappa shape index (κ2) is 6.18. The molecule has 0 amide bonds. The van der Waals surface area contributed by atoms with Crippen LogP contribution in [0.3, 0.4) is 0 Å². The fraction of sp³-hybridized carbons (Fsp3) is 0.294. The molecule has 2 aromatic carbocycles. The van der Waals surface area contributed by atoms with E-state index in [0.717, 1.165) is 16.7 Å². The van der Waals surface area contributed by atoms with E-state index in [2.05, 4.69) is 4.72 Å². The zero-order valence-corrected chi connectivity index (χ0v) is 14.0. The van der Waals surface area contributed by atoms with E-state index in [1.54, 1.807) is 13.8 Å². The topological polar surface area (TPSA) is 46.2 Å². The molecule has 0 unspecified atom stereocenters. The molecule has 2 aromatic rings. The van der Waals surface area contributed by atoms with Crippen LogP contribution in [0.4, 0.5) is 4.39 Å². The van der Waals surface area contributed by atoms with Crippen LogP contribution in [-0.4, -0.2) is 8.42 Å². The lowest BCUT2D eigenvalue weighted by atomic mass is 10.0. The molecule has 0 aliphatic heterocycles. The molecule has 0 aromatic heterocycles. The SMILES string of the molecule is Cc1ccc([C@H](C)NS(=O)(=O)c2ccc(F)c(C)c2)cc1C. The minimum absolute atomic E-state index is 0.0714. The molecule has 0 saturated carbocycles. The third-order valence-electron chi connectivity index (χ3n) is 3.80. The maximum absolute atomic E-state index is 13.3. The molecule has 0 fully saturated rings. The first kappa shape index (κ1) is 16.6. The van der Waals surface area contributed by atoms with E-state index in [9.17, 15) is 12.8 Å². The standard InChI is InChI=1S/C17H20FNO2S/c1-11-5-6-15(9-12(11)2)14(4)19-22(20,21)16-7-8-17(18)13(3)10-16/h5-10,14,19H,1-4H3/t14-/m0/s1. The van der Waals surface area contributed by atoms with Crippen molar-refractivity contribution in [1.82, 2.24) is 4.72 Å². The van der Waals surface area contributed by atoms with Gasteiger partial charge in [0.25, 0.3) is 0 Å². The monoisotopic (exact) mass is 321 g/mol. The molecule has 1 atom stereocenters. The first-order valence-electron chi connectivity index (χ1n) is 7.06. The van der Waals surface area contributed by atoms with Gasteiger partial charge in [-0.3, -0.25) is 0 Å². The van der Waals surface area contributed by atoms with Gasteiger partial charge in [-0.05, 0) is 68.1 Å². The summed E-state index contributed by atoms with van der Waals surface area (Å²) in [5, 5.41) is 0. The van der Waals surface area contributed by atoms with Crippen LogP contribution in [0.2, 0.25) is 0 Å². The molecule has 118 valence electrons. The number of sulfonamides is 1. The highest BCUT2D eigenvalue weighted by Crippen LogP contribution is 2.20. The van der Waals surface area contributed by atoms with Gasteiger partial charge in [0, 0.05) is 6.04 Å². The fourth-order valence-electron chi connectivity index (χ4n) is 2.19. The summed E-state index contributed by atoms with van der Waals surface area (Å²) < 4.78 is 40.7. The van der Waals surface area contributed by atoms with Crippen LogP contribution in [0.25, 0.3) is 0 Å². The smallest absolute Gasteiger partial charge is 0.207 e. The van der Waals surface area contributed by atoms with E-state index in [-0.39, 0.29) is 10.9 Å². The largest absolute Gasteiger partial charge is 0.241 e. The van der Waals surface area contributed by atoms with Crippen LogP contribution in [0.1, 0.15) is 35.2 Å². The summed E-state index contributed by atoms with van der Waals surface area (Å²) in [7, 11) is -3.69. The van der Waals surface area contributed by atoms with Crippen molar-refractivity contribution < 1.29 is 12.8 Å². The Hall–Kier alpha value is -1.72. The number of hydrogen-bond acceptors (Lipinski definition) is 2. The highest BCUT2D eigenvalue weighted by atomic mass is 32.2. The van der Waals surface area contributed by atoms with E-state index in [0.29, 0.717) is 5.56 Å². The molecule has 2 rings (SSSR count). The average molecular weight is 321 g/mol. The normalized spacial score (nSPS) is 13.1. The summed E-state index contributed by atoms with van der Waals surface area (Å²) >= 11 is 0. The predicted octanol–water partition coefficient (Wildman–Crippen LogP) is 3.79. The minimum Gasteiger partial charge on any atom is -0.207 e. The Morgan fingerprint density at radius 1 is 0.955 bits per heavy atom. The lowest BCUT2D eigenvalue weighted by Crippen LogP contribution is -2.27. The van der Waals surface area contributed by atoms with Crippen LogP contribution in [0.15, 0.2) is 41.3 Å². The quantitative estimate of drug-likeness (QED) is 0.931. The van der Waals surface area contributed by atoms with E-state index in [4.69, 9.17) is 0 Å². The van der Waals surface area contributed by atoms with Gasteiger partial charge < -0.3 is 0 Å². The highest BCUT2D eigenvalue weighted by Gasteiger charge is 2.19. The number of rotatable bonds is 4. The second-order valence-electron chi connectivity index (χ2n) is 5.60. The number of hydrogen-bond donors (Lipinski definition) is 1. The third kappa shape index (κ3) is 3.54. The van der Waals surface area contributed by atoms with Gasteiger partial charge in [0.15, 0.2) is 0 Å². The molecule has 3 nitrogen and oxygen atoms in total. The molecule has 22 heavy (non-hydrogen) atoms. The number of aryl methyl sites for hydroxylation is 3. The molecule has 5 heteroatoms. The fourth-order valence-corrected chi connectivity index (χ4v) is 3.50. The zero-order valence-electron chi connectivity index (χ0n) is 13.1. The van der Waals surface area contributed by atoms with Gasteiger partial charge in [-0.1, -0.05) is 18.2 Å². The molecule has 0 saturated heterocycles. The number of halogens is 1. The van der Waals surface area contributed by atoms with Crippen molar-refractivity contribution in [2.24, 2.45) is 0 Å². The molecule has 1 N–H and O–H groups in total. The summed E-state index contributed by atoms with van der Waals surface area (Å²) in [6.07, 6.45) is 0. The number of nitrogens with one attached hydrogen (secondary N) is 1. The van der Waals surface area contributed by atoms with Crippen molar-refractivity contribution in [3.63, 3.8) is 0 Å². The Balaban J connectivity index is 2.27. The molecule has 0 spiro atoms. The Kier molecular flexibility index (Phi) is 4.68. The maximum atomic E-state index is 13.3. The molecular weight excluding hydrogens is 301 g/mol. The van der Waals surface area contributed by atoms with Crippen LogP contribution in [0.5, 0.6) is 0 Å². The summed E-state index contributed by atoms with van der Waals surface area (Å²) in [5.74, 6) is -0.416. The Morgan fingerprint density at radius 2 is 1.64 bits per heavy atom. The van der Waals surface area contributed by atoms with Crippen LogP contribution in [-0.2, 0) is 10.0 Å². The summed E-state index contributed by atoms with van der Waals surface area (Å²) in [5.41, 5.74) is 3.47. The van der Waals surface area contributed by atoms with Crippen molar-refractivity contribution >= 4 is 10.0 Å². The van der Waals surface area contributed by atoms with Crippen molar-refractivity contribution in [2.45, 2.75) is 38.6 Å². The zero-order chi connectivity index (χ0) is 16.5. The second-order valence-corrected chi connectivity index (χ2v) is 7.31. The van der Waals surface area contributed by atoms with Gasteiger partial charge in [-0.2, -0.15) is 0 Å². The molecule has 0 aliphatic carbocycles. The van der Waals surface area contributed by atoms with Crippen LogP contribution >= 0.6 is 0 Å². The molecule has 0 bridgehead atoms. The van der Waals surface area contributed by atoms with Gasteiger partial charge in [0.05, 0.1) is 4.90 Å². The summed E-state index contributed by atoms with van der Waals surface area (Å²) in [4.78, 5) is 0.0714. The van der Waals surface area contributed by atoms with Crippen molar-refractivity contribution in [3.8, 4) is 0 Å². The van der Waals surface area contributed by atoms with Gasteiger partial charge in [0.1, 0.15) is 5.82 Å². The van der Waals surface area contributed by atoms with E-state index in [1.807, 2.05) is 32.0 Å². The predicted molar refractivity (Wildman–Crippen MR) is 85.8 cm³/mol. The van der Waals surface area contributed by atoms with E-state index < -0.39 is 15.8 Å². The number of benzene rings is 2. The first-order chi connectivity index (χ1) is 10.2. The summed E-state index contributed by atoms with van der Waals surface area (Å²) in [6.45, 7) is 7.33. The van der Waals surface area contributed by atoms with Crippen molar-refractivity contribution in [2.75, 3.05) is 0 Å². The van der Waals surface area contributed by atoms with Gasteiger partial charge in [0.2, 0.25) is 10.0 Å². The molecular formula is C17H20FNO2S. The molecule has 0 radical (unpaired) electrons. The van der Waals surface area contributed by atoms with E-state index >= 15 is 0 Å². The van der Waals surface area contributed by atoms with Crippen molar-refractivity contribution in [1.29, 1.82) is 0 Å². The van der Waals surface area contributed by atoms with Crippen molar-refractivity contribution in [3.05, 3.63) is 64.5 Å². The van der Waals surface area contributed by atoms with E-state index in [1.165, 1.54) is 18.2 Å². The first-order valence-corrected chi connectivity index (χ1v) is 8.54. The van der Waals surface area contributed by atoms with Gasteiger partial charge in [-0.15, -0.1) is 0 Å². The molecule has 0 aliphatic rings. The van der Waals surface area contributed by atoms with Gasteiger partial charge in [-0.25, -0.2) is 17.5 Å². The lowest BCUT2D eigenvalue weighted by molar-refractivity contribution is 0.565. The Labute approximate surface area is 131 Å². The minimum atomic E-state index is -3.69. The summed E-state index contributed by atoms with van der Waals surface area (Å²) in [6, 6.07) is 9.27. The average Bonchev–Trinajstić information content (AvgIpc) is 2.44. The highest BCUT2D eigenvalue weighted by molar-refractivity contribution is 7.89. The lowest BCUT2D eigenvalue weighted by Gasteiger charge is -2.16. The van der Waals surface area contributed by atoms with Gasteiger partial charge >= 0.3 is 0 Å². The Morgan fingerprint density at radius 3 is 2.23 bits per heavy atom.